The Kier molecular flexibility index (Phi) is 4.29. The molecule has 0 saturated heterocycles. The molecule has 0 aliphatic rings. The zero-order valence-electron chi connectivity index (χ0n) is 12.6. The number of pyridine rings is 1. The number of para-hydroxylation sites is 1. The van der Waals surface area contributed by atoms with E-state index >= 15 is 0 Å². The average Bonchev–Trinajstić information content (AvgIpc) is 2.43. The molecular weight excluding hydrogens is 333 g/mol. The first-order chi connectivity index (χ1) is 10.5. The molecule has 9 heteroatoms. The maximum atomic E-state index is 13.1. The quantitative estimate of drug-likeness (QED) is 0.856. The van der Waals surface area contributed by atoms with Crippen molar-refractivity contribution in [2.45, 2.75) is 26.1 Å². The Bertz CT molecular complexity index is 902. The molecule has 0 bridgehead atoms. The Morgan fingerprint density at radius 1 is 1.17 bits per heavy atom. The lowest BCUT2D eigenvalue weighted by Gasteiger charge is -2.23. The molecule has 0 saturated carbocycles. The second-order valence-electron chi connectivity index (χ2n) is 5.29. The summed E-state index contributed by atoms with van der Waals surface area (Å²) in [5.74, 6) is 0. The van der Waals surface area contributed by atoms with Gasteiger partial charge in [-0.1, -0.05) is 18.2 Å². The summed E-state index contributed by atoms with van der Waals surface area (Å²) in [6.45, 7) is 3.18. The lowest BCUT2D eigenvalue weighted by Crippen LogP contribution is -2.42. The van der Waals surface area contributed by atoms with Crippen LogP contribution >= 0.6 is 0 Å². The van der Waals surface area contributed by atoms with E-state index in [9.17, 15) is 26.4 Å². The van der Waals surface area contributed by atoms with E-state index in [1.165, 1.54) is 25.2 Å². The van der Waals surface area contributed by atoms with Crippen molar-refractivity contribution in [1.82, 2.24) is 8.28 Å². The number of benzene rings is 1. The number of nitrogens with zero attached hydrogens (tertiary/aromatic N) is 2. The third-order valence-electron chi connectivity index (χ3n) is 3.51. The van der Waals surface area contributed by atoms with Gasteiger partial charge in [0.2, 0.25) is 0 Å². The monoisotopic (exact) mass is 348 g/mol. The summed E-state index contributed by atoms with van der Waals surface area (Å²) >= 11 is 0. The summed E-state index contributed by atoms with van der Waals surface area (Å²) in [6, 6.07) is 4.90. The number of rotatable bonds is 3. The van der Waals surface area contributed by atoms with Crippen LogP contribution < -0.4 is 5.56 Å². The first kappa shape index (κ1) is 17.5. The molecule has 5 nitrogen and oxygen atoms in total. The van der Waals surface area contributed by atoms with Crippen molar-refractivity contribution in [1.29, 1.82) is 0 Å². The zero-order valence-corrected chi connectivity index (χ0v) is 13.4. The van der Waals surface area contributed by atoms with Gasteiger partial charge >= 0.3 is 16.4 Å². The van der Waals surface area contributed by atoms with Crippen molar-refractivity contribution in [3.63, 3.8) is 0 Å². The largest absolute Gasteiger partial charge is 0.417 e. The number of fused-ring (bicyclic) bond motifs is 1. The lowest BCUT2D eigenvalue weighted by atomic mass is 10.1. The van der Waals surface area contributed by atoms with Crippen LogP contribution in [0.15, 0.2) is 35.1 Å². The van der Waals surface area contributed by atoms with Gasteiger partial charge in [-0.25, -0.2) is 0 Å². The van der Waals surface area contributed by atoms with Crippen LogP contribution in [-0.2, 0) is 16.4 Å². The Balaban J connectivity index is 2.94. The molecule has 0 amide bonds. The second-order valence-corrected chi connectivity index (χ2v) is 7.13. The third kappa shape index (κ3) is 2.98. The molecule has 126 valence electrons. The van der Waals surface area contributed by atoms with E-state index < -0.39 is 33.6 Å². The van der Waals surface area contributed by atoms with Gasteiger partial charge in [-0.3, -0.25) is 4.79 Å². The molecule has 0 atom stereocenters. The number of alkyl halides is 3. The highest BCUT2D eigenvalue weighted by molar-refractivity contribution is 7.87. The molecule has 1 aromatic heterocycles. The van der Waals surface area contributed by atoms with Crippen LogP contribution in [0.3, 0.4) is 0 Å². The summed E-state index contributed by atoms with van der Waals surface area (Å²) in [6.07, 6.45) is -4.76. The zero-order chi connectivity index (χ0) is 17.6. The SMILES string of the molecule is CC(C)N(C)S(=O)(=O)n1c(=O)cc(C(F)(F)F)c2ccccc21. The molecule has 0 radical (unpaired) electrons. The van der Waals surface area contributed by atoms with Crippen molar-refractivity contribution in [3.05, 3.63) is 46.2 Å². The van der Waals surface area contributed by atoms with Gasteiger partial charge in [0.1, 0.15) is 0 Å². The van der Waals surface area contributed by atoms with E-state index in [0.717, 1.165) is 10.4 Å². The van der Waals surface area contributed by atoms with Gasteiger partial charge in [0.25, 0.3) is 5.56 Å². The Hall–Kier alpha value is -1.87. The first-order valence-corrected chi connectivity index (χ1v) is 8.08. The summed E-state index contributed by atoms with van der Waals surface area (Å²) in [4.78, 5) is 12.1. The number of hydrogen-bond acceptors (Lipinski definition) is 3. The van der Waals surface area contributed by atoms with E-state index in [1.54, 1.807) is 13.8 Å². The molecule has 2 aromatic rings. The Morgan fingerprint density at radius 2 is 1.74 bits per heavy atom. The summed E-state index contributed by atoms with van der Waals surface area (Å²) in [7, 11) is -3.02. The van der Waals surface area contributed by atoms with Gasteiger partial charge < -0.3 is 0 Å². The molecule has 1 heterocycles. The highest BCUT2D eigenvalue weighted by Gasteiger charge is 2.35. The summed E-state index contributed by atoms with van der Waals surface area (Å²) in [5, 5.41) is -0.347. The third-order valence-corrected chi connectivity index (χ3v) is 5.50. The predicted molar refractivity (Wildman–Crippen MR) is 80.4 cm³/mol. The summed E-state index contributed by atoms with van der Waals surface area (Å²) < 4.78 is 65.8. The minimum atomic E-state index is -4.76. The van der Waals surface area contributed by atoms with Gasteiger partial charge in [0.15, 0.2) is 0 Å². The number of halogens is 3. The van der Waals surface area contributed by atoms with Gasteiger partial charge in [0.05, 0.1) is 11.1 Å². The normalized spacial score (nSPS) is 13.2. The topological polar surface area (TPSA) is 59.4 Å². The minimum Gasteiger partial charge on any atom is -0.268 e. The van der Waals surface area contributed by atoms with Crippen LogP contribution in [0.5, 0.6) is 0 Å². The average molecular weight is 348 g/mol. The maximum Gasteiger partial charge on any atom is 0.417 e. The summed E-state index contributed by atoms with van der Waals surface area (Å²) in [5.41, 5.74) is -2.71. The van der Waals surface area contributed by atoms with Crippen LogP contribution in [-0.4, -0.2) is 29.8 Å². The minimum absolute atomic E-state index is 0.306. The number of aromatic nitrogens is 1. The van der Waals surface area contributed by atoms with Crippen LogP contribution in [0.2, 0.25) is 0 Å². The van der Waals surface area contributed by atoms with Crippen LogP contribution in [0.4, 0.5) is 13.2 Å². The van der Waals surface area contributed by atoms with E-state index in [-0.39, 0.29) is 10.9 Å². The number of hydrogen-bond donors (Lipinski definition) is 0. The fourth-order valence-electron chi connectivity index (χ4n) is 2.12. The highest BCUT2D eigenvalue weighted by Crippen LogP contribution is 2.34. The molecular formula is C14H15F3N2O3S. The van der Waals surface area contributed by atoms with E-state index in [1.807, 2.05) is 0 Å². The molecule has 0 spiro atoms. The van der Waals surface area contributed by atoms with Crippen molar-refractivity contribution in [2.75, 3.05) is 7.05 Å². The van der Waals surface area contributed by atoms with Gasteiger partial charge in [-0.2, -0.15) is 29.9 Å². The van der Waals surface area contributed by atoms with Crippen molar-refractivity contribution in [2.24, 2.45) is 0 Å². The smallest absolute Gasteiger partial charge is 0.268 e. The predicted octanol–water partition coefficient (Wildman–Crippen LogP) is 2.45. The fraction of sp³-hybridized carbons (Fsp3) is 0.357. The van der Waals surface area contributed by atoms with E-state index in [0.29, 0.717) is 10.0 Å². The standard InChI is InChI=1S/C14H15F3N2O3S/c1-9(2)18(3)23(21,22)19-12-7-5-4-6-10(12)11(8-13(19)20)14(15,16)17/h4-9H,1-3H3. The first-order valence-electron chi connectivity index (χ1n) is 6.68. The fourth-order valence-corrected chi connectivity index (χ4v) is 3.60. The van der Waals surface area contributed by atoms with Crippen LogP contribution in [0.1, 0.15) is 19.4 Å². The molecule has 0 unspecified atom stereocenters. The van der Waals surface area contributed by atoms with Gasteiger partial charge in [0, 0.05) is 24.5 Å². The molecule has 2 rings (SSSR count). The molecule has 1 aromatic carbocycles. The van der Waals surface area contributed by atoms with E-state index in [2.05, 4.69) is 0 Å². The molecule has 0 N–H and O–H groups in total. The van der Waals surface area contributed by atoms with Gasteiger partial charge in [-0.15, -0.1) is 0 Å². The van der Waals surface area contributed by atoms with Crippen molar-refractivity contribution >= 4 is 21.1 Å². The van der Waals surface area contributed by atoms with Crippen LogP contribution in [0.25, 0.3) is 10.9 Å². The molecule has 0 fully saturated rings. The lowest BCUT2D eigenvalue weighted by molar-refractivity contribution is -0.136. The second kappa shape index (κ2) is 5.64. The van der Waals surface area contributed by atoms with Crippen molar-refractivity contribution in [3.8, 4) is 0 Å². The highest BCUT2D eigenvalue weighted by atomic mass is 32.2. The van der Waals surface area contributed by atoms with E-state index in [4.69, 9.17) is 0 Å². The molecule has 0 aliphatic carbocycles. The Morgan fingerprint density at radius 3 is 2.26 bits per heavy atom. The van der Waals surface area contributed by atoms with Gasteiger partial charge in [-0.05, 0) is 19.9 Å². The maximum absolute atomic E-state index is 13.1. The van der Waals surface area contributed by atoms with Crippen molar-refractivity contribution < 1.29 is 21.6 Å². The molecule has 0 aliphatic heterocycles. The molecule has 23 heavy (non-hydrogen) atoms. The van der Waals surface area contributed by atoms with Crippen LogP contribution in [0, 0.1) is 0 Å². The Labute approximate surface area is 131 Å².